The number of nitrogens with zero attached hydrogens (tertiary/aromatic N) is 2. The lowest BCUT2D eigenvalue weighted by Crippen LogP contribution is -2.60. The van der Waals surface area contributed by atoms with E-state index in [9.17, 15) is 0 Å². The van der Waals surface area contributed by atoms with Gasteiger partial charge in [-0.25, -0.2) is 0 Å². The smallest absolute Gasteiger partial charge is 0.397 e. The van der Waals surface area contributed by atoms with Gasteiger partial charge in [-0.05, 0) is 107 Å². The third-order valence-electron chi connectivity index (χ3n) is 7.93. The molecular formula is C26H45N2O3P. The maximum absolute atomic E-state index is 6.66. The van der Waals surface area contributed by atoms with Crippen LogP contribution in [0.25, 0.3) is 0 Å². The van der Waals surface area contributed by atoms with Crippen molar-refractivity contribution in [2.45, 2.75) is 115 Å². The summed E-state index contributed by atoms with van der Waals surface area (Å²) < 4.78 is 19.7. The van der Waals surface area contributed by atoms with E-state index in [1.807, 2.05) is 30.3 Å². The van der Waals surface area contributed by atoms with Gasteiger partial charge in [0.05, 0.1) is 12.2 Å². The Kier molecular flexibility index (Phi) is 7.41. The summed E-state index contributed by atoms with van der Waals surface area (Å²) in [4.78, 5) is 4.95. The highest BCUT2D eigenvalue weighted by Gasteiger charge is 2.47. The van der Waals surface area contributed by atoms with Crippen LogP contribution in [0.4, 0.5) is 0 Å². The van der Waals surface area contributed by atoms with Crippen LogP contribution in [0.15, 0.2) is 30.3 Å². The molecule has 0 aromatic heterocycles. The topological polar surface area (TPSA) is 34.2 Å². The lowest BCUT2D eigenvalue weighted by atomic mass is 9.79. The minimum absolute atomic E-state index is 0.0533. The summed E-state index contributed by atoms with van der Waals surface area (Å²) in [6.45, 7) is 18.4. The summed E-state index contributed by atoms with van der Waals surface area (Å²) in [7, 11) is 2.93. The average Bonchev–Trinajstić information content (AvgIpc) is 2.64. The molecule has 2 heterocycles. The van der Waals surface area contributed by atoms with Gasteiger partial charge in [-0.15, -0.1) is 0 Å². The van der Waals surface area contributed by atoms with Crippen molar-refractivity contribution in [1.29, 1.82) is 0 Å². The Balaban J connectivity index is 1.79. The van der Waals surface area contributed by atoms with E-state index in [4.69, 9.17) is 13.6 Å². The van der Waals surface area contributed by atoms with E-state index in [1.54, 1.807) is 0 Å². The zero-order valence-corrected chi connectivity index (χ0v) is 22.8. The molecule has 2 saturated heterocycles. The van der Waals surface area contributed by atoms with Gasteiger partial charge in [-0.1, -0.05) is 18.2 Å². The van der Waals surface area contributed by atoms with Crippen LogP contribution < -0.4 is 4.52 Å². The quantitative estimate of drug-likeness (QED) is 0.442. The first-order valence-electron chi connectivity index (χ1n) is 12.0. The average molecular weight is 465 g/mol. The third-order valence-corrected chi connectivity index (χ3v) is 9.23. The van der Waals surface area contributed by atoms with Crippen LogP contribution in [-0.4, -0.2) is 58.3 Å². The van der Waals surface area contributed by atoms with E-state index in [0.29, 0.717) is 0 Å². The summed E-state index contributed by atoms with van der Waals surface area (Å²) in [5.41, 5.74) is 0.213. The fourth-order valence-corrected chi connectivity index (χ4v) is 6.80. The second kappa shape index (κ2) is 9.15. The number of likely N-dealkylation sites (tertiary alicyclic amines) is 2. The van der Waals surface area contributed by atoms with Crippen molar-refractivity contribution in [3.8, 4) is 5.75 Å². The van der Waals surface area contributed by atoms with Gasteiger partial charge in [0.25, 0.3) is 0 Å². The van der Waals surface area contributed by atoms with Crippen LogP contribution >= 0.6 is 8.60 Å². The minimum Gasteiger partial charge on any atom is -0.427 e. The molecule has 32 heavy (non-hydrogen) atoms. The Morgan fingerprint density at radius 2 is 1.00 bits per heavy atom. The molecule has 1 aromatic carbocycles. The number of hydrogen-bond acceptors (Lipinski definition) is 5. The van der Waals surface area contributed by atoms with Crippen molar-refractivity contribution in [3.63, 3.8) is 0 Å². The van der Waals surface area contributed by atoms with Crippen LogP contribution in [0.3, 0.4) is 0 Å². The number of rotatable bonds is 6. The van der Waals surface area contributed by atoms with E-state index >= 15 is 0 Å². The fourth-order valence-electron chi connectivity index (χ4n) is 5.59. The van der Waals surface area contributed by atoms with Crippen LogP contribution in [0.5, 0.6) is 5.75 Å². The Hall–Kier alpha value is -0.710. The molecule has 5 nitrogen and oxygen atoms in total. The molecule has 0 atom stereocenters. The SMILES string of the molecule is CN1C(C)(C)CC(OP(Oc2ccccc2)OC2CC(C)(C)N(C)C(C)(C)C2)CC1(C)C. The molecular weight excluding hydrogens is 419 g/mol. The zero-order valence-electron chi connectivity index (χ0n) is 21.9. The molecule has 182 valence electrons. The van der Waals surface area contributed by atoms with E-state index in [0.717, 1.165) is 31.4 Å². The van der Waals surface area contributed by atoms with Crippen molar-refractivity contribution in [1.82, 2.24) is 9.80 Å². The molecule has 3 rings (SSSR count). The summed E-state index contributed by atoms with van der Waals surface area (Å²) in [5, 5.41) is 0. The summed E-state index contributed by atoms with van der Waals surface area (Å²) in [5.74, 6) is 0.802. The molecule has 1 aromatic rings. The largest absolute Gasteiger partial charge is 0.427 e. The molecule has 2 aliphatic rings. The molecule has 0 N–H and O–H groups in total. The molecule has 0 aliphatic carbocycles. The number of benzene rings is 1. The van der Waals surface area contributed by atoms with E-state index in [-0.39, 0.29) is 34.4 Å². The summed E-state index contributed by atoms with van der Waals surface area (Å²) in [6, 6.07) is 9.94. The molecule has 0 saturated carbocycles. The molecule has 0 spiro atoms. The maximum Gasteiger partial charge on any atom is 0.397 e. The van der Waals surface area contributed by atoms with Gasteiger partial charge in [0.1, 0.15) is 5.75 Å². The molecule has 0 unspecified atom stereocenters. The Morgan fingerprint density at radius 3 is 1.34 bits per heavy atom. The van der Waals surface area contributed by atoms with Crippen molar-refractivity contribution < 1.29 is 13.6 Å². The van der Waals surface area contributed by atoms with Crippen LogP contribution in [0.2, 0.25) is 0 Å². The first-order valence-corrected chi connectivity index (χ1v) is 13.1. The Labute approximate surface area is 197 Å². The normalized spacial score (nSPS) is 26.3. The zero-order chi connectivity index (χ0) is 23.9. The van der Waals surface area contributed by atoms with Gasteiger partial charge >= 0.3 is 8.60 Å². The number of para-hydroxylation sites is 1. The highest BCUT2D eigenvalue weighted by molar-refractivity contribution is 7.42. The molecule has 0 amide bonds. The van der Waals surface area contributed by atoms with Crippen molar-refractivity contribution >= 4 is 8.60 Å². The highest BCUT2D eigenvalue weighted by atomic mass is 31.2. The first kappa shape index (κ1) is 25.9. The van der Waals surface area contributed by atoms with Gasteiger partial charge in [-0.2, -0.15) is 0 Å². The van der Waals surface area contributed by atoms with Gasteiger partial charge in [0.2, 0.25) is 0 Å². The number of hydrogen-bond donors (Lipinski definition) is 0. The highest BCUT2D eigenvalue weighted by Crippen LogP contribution is 2.51. The number of piperidine rings is 2. The minimum atomic E-state index is -1.51. The van der Waals surface area contributed by atoms with E-state index in [1.165, 1.54) is 0 Å². The predicted molar refractivity (Wildman–Crippen MR) is 134 cm³/mol. The molecule has 0 bridgehead atoms. The van der Waals surface area contributed by atoms with Gasteiger partial charge in [-0.3, -0.25) is 18.8 Å². The molecule has 0 radical (unpaired) electrons. The van der Waals surface area contributed by atoms with Crippen LogP contribution in [0, 0.1) is 0 Å². The standard InChI is InChI=1S/C26H45N2O3P/c1-23(2)16-21(17-24(3,4)27(23)9)30-32(29-20-14-12-11-13-15-20)31-22-18-25(5,6)28(10)26(7,8)19-22/h11-15,21-22H,16-19H2,1-10H3. The van der Waals surface area contributed by atoms with E-state index in [2.05, 4.69) is 79.3 Å². The van der Waals surface area contributed by atoms with Gasteiger partial charge in [0.15, 0.2) is 0 Å². The molecule has 2 fully saturated rings. The van der Waals surface area contributed by atoms with Crippen molar-refractivity contribution in [2.24, 2.45) is 0 Å². The fraction of sp³-hybridized carbons (Fsp3) is 0.769. The van der Waals surface area contributed by atoms with Gasteiger partial charge < -0.3 is 4.52 Å². The summed E-state index contributed by atoms with van der Waals surface area (Å²) in [6.07, 6.45) is 4.02. The van der Waals surface area contributed by atoms with Crippen LogP contribution in [-0.2, 0) is 9.05 Å². The lowest BCUT2D eigenvalue weighted by Gasteiger charge is -2.54. The van der Waals surface area contributed by atoms with Gasteiger partial charge in [0, 0.05) is 22.2 Å². The third kappa shape index (κ3) is 5.85. The molecule has 6 heteroatoms. The monoisotopic (exact) mass is 464 g/mol. The first-order chi connectivity index (χ1) is 14.6. The second-order valence-corrected chi connectivity index (χ2v) is 13.3. The van der Waals surface area contributed by atoms with Crippen LogP contribution in [0.1, 0.15) is 81.1 Å². The van der Waals surface area contributed by atoms with Crippen molar-refractivity contribution in [3.05, 3.63) is 30.3 Å². The lowest BCUT2D eigenvalue weighted by molar-refractivity contribution is -0.0745. The second-order valence-electron chi connectivity index (χ2n) is 12.3. The van der Waals surface area contributed by atoms with Crippen molar-refractivity contribution in [2.75, 3.05) is 14.1 Å². The predicted octanol–water partition coefficient (Wildman–Crippen LogP) is 6.63. The maximum atomic E-state index is 6.66. The molecule has 2 aliphatic heterocycles. The van der Waals surface area contributed by atoms with E-state index < -0.39 is 8.60 Å². The Bertz CT molecular complexity index is 686. The summed E-state index contributed by atoms with van der Waals surface area (Å²) >= 11 is 0. The Morgan fingerprint density at radius 1 is 0.656 bits per heavy atom.